The van der Waals surface area contributed by atoms with E-state index in [1.54, 1.807) is 0 Å². The van der Waals surface area contributed by atoms with Crippen molar-refractivity contribution >= 4 is 12.0 Å². The normalized spacial score (nSPS) is 27.4. The number of urea groups is 1. The summed E-state index contributed by atoms with van der Waals surface area (Å²) in [4.78, 5) is 26.7. The van der Waals surface area contributed by atoms with Gasteiger partial charge in [0.1, 0.15) is 0 Å². The molecule has 2 N–H and O–H groups in total. The molecule has 2 unspecified atom stereocenters. The average Bonchev–Trinajstić information content (AvgIpc) is 2.53. The molecule has 2 atom stereocenters. The molecule has 0 aromatic carbocycles. The summed E-state index contributed by atoms with van der Waals surface area (Å²) < 4.78 is 10.7. The summed E-state index contributed by atoms with van der Waals surface area (Å²) in [5.74, 6) is -1.04. The highest BCUT2D eigenvalue weighted by Crippen LogP contribution is 2.07. The number of carboxylic acid groups (broad SMARTS) is 1. The van der Waals surface area contributed by atoms with Gasteiger partial charge in [0.05, 0.1) is 25.9 Å². The average molecular weight is 301 g/mol. The van der Waals surface area contributed by atoms with Crippen LogP contribution in [0.15, 0.2) is 0 Å². The lowest BCUT2D eigenvalue weighted by molar-refractivity contribution is -0.154. The maximum Gasteiger partial charge on any atom is 0.334 e. The van der Waals surface area contributed by atoms with E-state index in [0.29, 0.717) is 19.7 Å². The molecule has 2 heterocycles. The van der Waals surface area contributed by atoms with E-state index in [-0.39, 0.29) is 25.3 Å². The molecule has 0 saturated carbocycles. The highest BCUT2D eigenvalue weighted by atomic mass is 16.5. The summed E-state index contributed by atoms with van der Waals surface area (Å²) >= 11 is 0. The number of carbonyl (C=O) groups is 2. The van der Waals surface area contributed by atoms with Crippen molar-refractivity contribution in [2.75, 3.05) is 52.5 Å². The van der Waals surface area contributed by atoms with E-state index in [0.717, 1.165) is 19.6 Å². The molecule has 0 aromatic rings. The molecule has 2 rings (SSSR count). The number of ether oxygens (including phenoxy) is 2. The van der Waals surface area contributed by atoms with Crippen molar-refractivity contribution < 1.29 is 24.2 Å². The Labute approximate surface area is 124 Å². The van der Waals surface area contributed by atoms with Crippen molar-refractivity contribution in [3.8, 4) is 0 Å². The van der Waals surface area contributed by atoms with Gasteiger partial charge in [-0.3, -0.25) is 4.90 Å². The fraction of sp³-hybridized carbons (Fsp3) is 0.846. The molecule has 0 spiro atoms. The van der Waals surface area contributed by atoms with Crippen molar-refractivity contribution in [3.63, 3.8) is 0 Å². The molecule has 0 aliphatic carbocycles. The van der Waals surface area contributed by atoms with Gasteiger partial charge in [0.25, 0.3) is 0 Å². The second-order valence-electron chi connectivity index (χ2n) is 5.22. The van der Waals surface area contributed by atoms with Crippen molar-refractivity contribution in [3.05, 3.63) is 0 Å². The Hall–Kier alpha value is -1.38. The SMILES string of the molecule is CCN1CCOC(CNC(=O)N2CCOC(C(=O)O)C2)C1. The summed E-state index contributed by atoms with van der Waals surface area (Å²) in [6, 6.07) is -0.262. The van der Waals surface area contributed by atoms with Crippen molar-refractivity contribution in [1.29, 1.82) is 0 Å². The number of amides is 2. The zero-order valence-electron chi connectivity index (χ0n) is 12.3. The number of carboxylic acids is 1. The van der Waals surface area contributed by atoms with Gasteiger partial charge in [-0.05, 0) is 6.54 Å². The maximum atomic E-state index is 12.1. The Morgan fingerprint density at radius 2 is 2.00 bits per heavy atom. The first-order valence-corrected chi connectivity index (χ1v) is 7.31. The molecule has 2 amide bonds. The lowest BCUT2D eigenvalue weighted by Crippen LogP contribution is -2.54. The van der Waals surface area contributed by atoms with Crippen LogP contribution in [-0.2, 0) is 14.3 Å². The molecule has 2 saturated heterocycles. The Kier molecular flexibility index (Phi) is 5.77. The van der Waals surface area contributed by atoms with Crippen molar-refractivity contribution in [2.45, 2.75) is 19.1 Å². The largest absolute Gasteiger partial charge is 0.479 e. The first kappa shape index (κ1) is 16.0. The molecular weight excluding hydrogens is 278 g/mol. The van der Waals surface area contributed by atoms with Gasteiger partial charge in [-0.25, -0.2) is 9.59 Å². The predicted molar refractivity (Wildman–Crippen MR) is 74.2 cm³/mol. The van der Waals surface area contributed by atoms with Crippen molar-refractivity contribution in [2.24, 2.45) is 0 Å². The van der Waals surface area contributed by atoms with E-state index < -0.39 is 12.1 Å². The first-order chi connectivity index (χ1) is 10.1. The van der Waals surface area contributed by atoms with Gasteiger partial charge in [0.2, 0.25) is 0 Å². The Morgan fingerprint density at radius 1 is 1.24 bits per heavy atom. The van der Waals surface area contributed by atoms with Crippen LogP contribution in [0.25, 0.3) is 0 Å². The molecule has 2 aliphatic rings. The number of morpholine rings is 2. The zero-order chi connectivity index (χ0) is 15.2. The smallest absolute Gasteiger partial charge is 0.334 e. The quantitative estimate of drug-likeness (QED) is 0.706. The molecular formula is C13H23N3O5. The van der Waals surface area contributed by atoms with E-state index in [9.17, 15) is 9.59 Å². The fourth-order valence-electron chi connectivity index (χ4n) is 2.49. The van der Waals surface area contributed by atoms with E-state index >= 15 is 0 Å². The van der Waals surface area contributed by atoms with Crippen LogP contribution >= 0.6 is 0 Å². The molecule has 8 heteroatoms. The van der Waals surface area contributed by atoms with Gasteiger partial charge in [0, 0.05) is 26.2 Å². The number of likely N-dealkylation sites (N-methyl/N-ethyl adjacent to an activating group) is 1. The van der Waals surface area contributed by atoms with E-state index in [1.807, 2.05) is 0 Å². The third kappa shape index (κ3) is 4.55. The number of rotatable bonds is 4. The summed E-state index contributed by atoms with van der Waals surface area (Å²) in [7, 11) is 0. The maximum absolute atomic E-state index is 12.1. The van der Waals surface area contributed by atoms with E-state index in [4.69, 9.17) is 14.6 Å². The number of carbonyl (C=O) groups excluding carboxylic acids is 1. The number of nitrogens with zero attached hydrogens (tertiary/aromatic N) is 2. The standard InChI is InChI=1S/C13H23N3O5/c1-2-15-3-5-20-10(8-15)7-14-13(19)16-4-6-21-11(9-16)12(17)18/h10-11H,2-9H2,1H3,(H,14,19)(H,17,18). The monoisotopic (exact) mass is 301 g/mol. The predicted octanol–water partition coefficient (Wildman–Crippen LogP) is -0.798. The molecule has 2 aliphatic heterocycles. The molecule has 21 heavy (non-hydrogen) atoms. The minimum Gasteiger partial charge on any atom is -0.479 e. The van der Waals surface area contributed by atoms with Gasteiger partial charge in [-0.2, -0.15) is 0 Å². The summed E-state index contributed by atoms with van der Waals surface area (Å²) in [6.45, 7) is 6.63. The fourth-order valence-corrected chi connectivity index (χ4v) is 2.49. The molecule has 8 nitrogen and oxygen atoms in total. The van der Waals surface area contributed by atoms with Crippen LogP contribution in [0.2, 0.25) is 0 Å². The summed E-state index contributed by atoms with van der Waals surface area (Å²) in [5, 5.41) is 11.7. The van der Waals surface area contributed by atoms with Gasteiger partial charge >= 0.3 is 12.0 Å². The van der Waals surface area contributed by atoms with Crippen LogP contribution in [0.3, 0.4) is 0 Å². The van der Waals surface area contributed by atoms with Gasteiger partial charge < -0.3 is 24.8 Å². The molecule has 2 fully saturated rings. The molecule has 0 bridgehead atoms. The zero-order valence-corrected chi connectivity index (χ0v) is 12.3. The highest BCUT2D eigenvalue weighted by Gasteiger charge is 2.29. The van der Waals surface area contributed by atoms with E-state index in [1.165, 1.54) is 4.90 Å². The topological polar surface area (TPSA) is 91.3 Å². The number of nitrogens with one attached hydrogen (secondary N) is 1. The van der Waals surface area contributed by atoms with Crippen molar-refractivity contribution in [1.82, 2.24) is 15.1 Å². The lowest BCUT2D eigenvalue weighted by Gasteiger charge is -2.34. The van der Waals surface area contributed by atoms with Crippen LogP contribution in [-0.4, -0.2) is 91.6 Å². The van der Waals surface area contributed by atoms with Gasteiger partial charge in [-0.1, -0.05) is 6.92 Å². The third-order valence-corrected chi connectivity index (χ3v) is 3.78. The van der Waals surface area contributed by atoms with E-state index in [2.05, 4.69) is 17.1 Å². The number of aliphatic carboxylic acids is 1. The molecule has 0 radical (unpaired) electrons. The Bertz CT molecular complexity index is 379. The minimum atomic E-state index is -1.04. The second kappa shape index (κ2) is 7.58. The van der Waals surface area contributed by atoms with Crippen LogP contribution in [0.4, 0.5) is 4.79 Å². The van der Waals surface area contributed by atoms with Gasteiger partial charge in [0.15, 0.2) is 6.10 Å². The van der Waals surface area contributed by atoms with Crippen LogP contribution < -0.4 is 5.32 Å². The number of hydrogen-bond acceptors (Lipinski definition) is 5. The molecule has 120 valence electrons. The van der Waals surface area contributed by atoms with Crippen LogP contribution in [0.5, 0.6) is 0 Å². The minimum absolute atomic E-state index is 0.0149. The number of hydrogen-bond donors (Lipinski definition) is 2. The van der Waals surface area contributed by atoms with Crippen LogP contribution in [0.1, 0.15) is 6.92 Å². The first-order valence-electron chi connectivity index (χ1n) is 7.31. The molecule has 0 aromatic heterocycles. The highest BCUT2D eigenvalue weighted by molar-refractivity contribution is 5.77. The third-order valence-electron chi connectivity index (χ3n) is 3.78. The van der Waals surface area contributed by atoms with Gasteiger partial charge in [-0.15, -0.1) is 0 Å². The van der Waals surface area contributed by atoms with Crippen LogP contribution in [0, 0.1) is 0 Å². The Balaban J connectivity index is 1.75. The summed E-state index contributed by atoms with van der Waals surface area (Å²) in [6.07, 6.45) is -0.954. The summed E-state index contributed by atoms with van der Waals surface area (Å²) in [5.41, 5.74) is 0. The Morgan fingerprint density at radius 3 is 2.71 bits per heavy atom. The second-order valence-corrected chi connectivity index (χ2v) is 5.22. The lowest BCUT2D eigenvalue weighted by atomic mass is 10.2.